The molecule has 4 rings (SSSR count). The number of hydrogen-bond donors (Lipinski definition) is 1. The summed E-state index contributed by atoms with van der Waals surface area (Å²) in [6.45, 7) is 6.56. The minimum absolute atomic E-state index is 0.251. The summed E-state index contributed by atoms with van der Waals surface area (Å²) < 4.78 is 15.8. The lowest BCUT2D eigenvalue weighted by atomic mass is 10.1. The molecule has 1 aromatic carbocycles. The van der Waals surface area contributed by atoms with Crippen molar-refractivity contribution in [3.63, 3.8) is 0 Å². The Labute approximate surface area is 173 Å². The molecule has 7 heteroatoms. The van der Waals surface area contributed by atoms with Crippen LogP contribution in [-0.4, -0.2) is 20.6 Å². The molecule has 154 valence electrons. The largest absolute Gasteiger partial charge is 0.488 e. The van der Waals surface area contributed by atoms with Crippen LogP contribution in [0.5, 0.6) is 17.2 Å². The third kappa shape index (κ3) is 3.87. The van der Waals surface area contributed by atoms with E-state index in [0.717, 1.165) is 28.0 Å². The van der Waals surface area contributed by atoms with Gasteiger partial charge in [-0.05, 0) is 61.7 Å². The summed E-state index contributed by atoms with van der Waals surface area (Å²) in [5.74, 6) is 1.99. The van der Waals surface area contributed by atoms with Gasteiger partial charge in [-0.1, -0.05) is 6.07 Å². The Morgan fingerprint density at radius 3 is 2.63 bits per heavy atom. The zero-order valence-electron chi connectivity index (χ0n) is 17.1. The molecule has 3 aromatic heterocycles. The Morgan fingerprint density at radius 1 is 1.00 bits per heavy atom. The van der Waals surface area contributed by atoms with Gasteiger partial charge >= 0.3 is 5.69 Å². The van der Waals surface area contributed by atoms with Gasteiger partial charge in [0.1, 0.15) is 6.61 Å². The normalized spacial score (nSPS) is 11.0. The van der Waals surface area contributed by atoms with E-state index >= 15 is 0 Å². The van der Waals surface area contributed by atoms with E-state index in [2.05, 4.69) is 4.98 Å². The zero-order chi connectivity index (χ0) is 21.3. The van der Waals surface area contributed by atoms with Crippen molar-refractivity contribution in [1.29, 1.82) is 0 Å². The summed E-state index contributed by atoms with van der Waals surface area (Å²) in [5, 5.41) is 0. The first kappa shape index (κ1) is 19.6. The van der Waals surface area contributed by atoms with Gasteiger partial charge in [0.2, 0.25) is 0 Å². The number of H-pyrrole nitrogens is 1. The van der Waals surface area contributed by atoms with Crippen LogP contribution in [0.4, 0.5) is 0 Å². The van der Waals surface area contributed by atoms with Crippen LogP contribution in [0.3, 0.4) is 0 Å². The van der Waals surface area contributed by atoms with Crippen molar-refractivity contribution in [2.24, 2.45) is 0 Å². The number of fused-ring (bicyclic) bond motifs is 1. The molecule has 0 fully saturated rings. The molecule has 4 aromatic rings. The van der Waals surface area contributed by atoms with Crippen molar-refractivity contribution in [2.45, 2.75) is 27.3 Å². The molecular formula is C23H23N3O4. The van der Waals surface area contributed by atoms with E-state index in [9.17, 15) is 9.59 Å². The first-order chi connectivity index (χ1) is 14.4. The number of aromatic amines is 1. The number of pyridine rings is 1. The molecule has 0 saturated heterocycles. The van der Waals surface area contributed by atoms with Gasteiger partial charge < -0.3 is 13.9 Å². The number of aryl methyl sites for hydroxylation is 2. The molecule has 0 saturated carbocycles. The van der Waals surface area contributed by atoms with E-state index in [4.69, 9.17) is 9.47 Å². The second kappa shape index (κ2) is 7.94. The first-order valence-corrected chi connectivity index (χ1v) is 9.70. The molecule has 0 aliphatic rings. The van der Waals surface area contributed by atoms with Gasteiger partial charge in [-0.15, -0.1) is 0 Å². The molecule has 7 nitrogen and oxygen atoms in total. The lowest BCUT2D eigenvalue weighted by molar-refractivity contribution is 0.281. The maximum Gasteiger partial charge on any atom is 0.328 e. The molecular weight excluding hydrogens is 382 g/mol. The quantitative estimate of drug-likeness (QED) is 0.532. The van der Waals surface area contributed by atoms with Crippen LogP contribution in [0.15, 0.2) is 64.6 Å². The fourth-order valence-electron chi connectivity index (χ4n) is 3.34. The van der Waals surface area contributed by atoms with Crippen molar-refractivity contribution in [3.8, 4) is 17.2 Å². The van der Waals surface area contributed by atoms with Gasteiger partial charge in [-0.3, -0.25) is 14.3 Å². The second-order valence-electron chi connectivity index (χ2n) is 7.27. The predicted molar refractivity (Wildman–Crippen MR) is 115 cm³/mol. The summed E-state index contributed by atoms with van der Waals surface area (Å²) in [7, 11) is 0. The average Bonchev–Trinajstić information content (AvgIpc) is 3.17. The van der Waals surface area contributed by atoms with Crippen LogP contribution in [0.2, 0.25) is 0 Å². The second-order valence-corrected chi connectivity index (χ2v) is 7.27. The van der Waals surface area contributed by atoms with E-state index in [1.54, 1.807) is 0 Å². The van der Waals surface area contributed by atoms with Crippen LogP contribution in [-0.2, 0) is 6.54 Å². The molecule has 30 heavy (non-hydrogen) atoms. The Balaban J connectivity index is 1.61. The van der Waals surface area contributed by atoms with Crippen LogP contribution < -0.4 is 20.7 Å². The number of nitrogens with one attached hydrogen (secondary N) is 1. The number of nitrogens with zero attached hydrogens (tertiary/aromatic N) is 2. The number of benzene rings is 1. The lowest BCUT2D eigenvalue weighted by Gasteiger charge is -2.17. The Bertz CT molecular complexity index is 1330. The first-order valence-electron chi connectivity index (χ1n) is 9.70. The summed E-state index contributed by atoms with van der Waals surface area (Å²) in [6.07, 6.45) is 5.48. The zero-order valence-corrected chi connectivity index (χ0v) is 17.1. The van der Waals surface area contributed by atoms with Gasteiger partial charge in [-0.25, -0.2) is 4.79 Å². The predicted octanol–water partition coefficient (Wildman–Crippen LogP) is 3.59. The van der Waals surface area contributed by atoms with E-state index in [0.29, 0.717) is 18.0 Å². The van der Waals surface area contributed by atoms with Gasteiger partial charge in [0.25, 0.3) is 5.56 Å². The maximum absolute atomic E-state index is 11.9. The number of rotatable bonds is 6. The third-order valence-electron chi connectivity index (χ3n) is 5.07. The lowest BCUT2D eigenvalue weighted by Crippen LogP contribution is -2.30. The summed E-state index contributed by atoms with van der Waals surface area (Å²) in [6, 6.07) is 11.2. The highest BCUT2D eigenvalue weighted by atomic mass is 16.5. The highest BCUT2D eigenvalue weighted by Crippen LogP contribution is 2.37. The van der Waals surface area contributed by atoms with Crippen LogP contribution in [0, 0.1) is 20.8 Å². The van der Waals surface area contributed by atoms with E-state index in [1.807, 2.05) is 67.9 Å². The Hall–Kier alpha value is -3.74. The number of aromatic nitrogens is 3. The third-order valence-corrected chi connectivity index (χ3v) is 5.07. The van der Waals surface area contributed by atoms with Crippen LogP contribution >= 0.6 is 0 Å². The highest BCUT2D eigenvalue weighted by Gasteiger charge is 2.14. The molecule has 0 atom stereocenters. The van der Waals surface area contributed by atoms with Gasteiger partial charge in [-0.2, -0.15) is 0 Å². The van der Waals surface area contributed by atoms with Crippen LogP contribution in [0.1, 0.15) is 16.7 Å². The highest BCUT2D eigenvalue weighted by molar-refractivity contribution is 5.63. The molecule has 0 radical (unpaired) electrons. The van der Waals surface area contributed by atoms with Crippen molar-refractivity contribution in [3.05, 3.63) is 92.5 Å². The van der Waals surface area contributed by atoms with Crippen molar-refractivity contribution in [2.75, 3.05) is 6.61 Å². The van der Waals surface area contributed by atoms with Crippen molar-refractivity contribution < 1.29 is 9.47 Å². The summed E-state index contributed by atoms with van der Waals surface area (Å²) in [4.78, 5) is 25.3. The molecule has 0 aliphatic heterocycles. The van der Waals surface area contributed by atoms with Gasteiger partial charge in [0, 0.05) is 24.7 Å². The van der Waals surface area contributed by atoms with E-state index in [1.165, 1.54) is 16.8 Å². The van der Waals surface area contributed by atoms with Crippen molar-refractivity contribution >= 4 is 5.52 Å². The Morgan fingerprint density at radius 2 is 1.83 bits per heavy atom. The fourth-order valence-corrected chi connectivity index (χ4v) is 3.34. The van der Waals surface area contributed by atoms with Crippen molar-refractivity contribution in [1.82, 2.24) is 14.0 Å². The fraction of sp³-hybridized carbons (Fsp3) is 0.217. The number of ether oxygens (including phenoxy) is 2. The minimum Gasteiger partial charge on any atom is -0.488 e. The molecule has 0 spiro atoms. The molecule has 1 N–H and O–H groups in total. The topological polar surface area (TPSA) is 77.7 Å². The SMILES string of the molecule is Cc1cc(Oc2ccc(C)c(C)c2OCCn2ccc(=O)[nH]c2=O)c2cccn2c1. The molecule has 0 unspecified atom stereocenters. The minimum atomic E-state index is -0.459. The van der Waals surface area contributed by atoms with Gasteiger partial charge in [0.15, 0.2) is 17.2 Å². The smallest absolute Gasteiger partial charge is 0.328 e. The maximum atomic E-state index is 11.9. The summed E-state index contributed by atoms with van der Waals surface area (Å²) >= 11 is 0. The van der Waals surface area contributed by atoms with Crippen LogP contribution in [0.25, 0.3) is 5.52 Å². The standard InChI is InChI=1S/C23H23N3O4/c1-15-13-20(18-5-4-9-26(18)14-15)30-19-7-6-16(2)17(3)22(19)29-12-11-25-10-8-21(27)24-23(25)28/h4-10,13-14H,11-12H2,1-3H3,(H,24,27,28). The molecule has 3 heterocycles. The summed E-state index contributed by atoms with van der Waals surface area (Å²) in [5.41, 5.74) is 3.22. The monoisotopic (exact) mass is 405 g/mol. The van der Waals surface area contributed by atoms with E-state index < -0.39 is 11.2 Å². The Kier molecular flexibility index (Phi) is 5.18. The number of hydrogen-bond acceptors (Lipinski definition) is 4. The molecule has 0 aliphatic carbocycles. The molecule has 0 bridgehead atoms. The molecule has 0 amide bonds. The van der Waals surface area contributed by atoms with Gasteiger partial charge in [0.05, 0.1) is 12.1 Å². The van der Waals surface area contributed by atoms with E-state index in [-0.39, 0.29) is 6.61 Å². The average molecular weight is 405 g/mol.